The van der Waals surface area contributed by atoms with Crippen molar-refractivity contribution in [3.63, 3.8) is 0 Å². The standard InChI is InChI=1S/C11H10FN3O3S/c12-10-4-3-9(6-8(10)7-16)19(17,18)15-11-2-1-5-13-14-11/h1-6,16H,7H2,(H,14,15). The van der Waals surface area contributed by atoms with Gasteiger partial charge in [-0.2, -0.15) is 5.10 Å². The van der Waals surface area contributed by atoms with Crippen LogP contribution in [-0.4, -0.2) is 23.7 Å². The molecule has 2 N–H and O–H groups in total. The van der Waals surface area contributed by atoms with Crippen molar-refractivity contribution in [3.05, 3.63) is 47.9 Å². The zero-order chi connectivity index (χ0) is 13.9. The summed E-state index contributed by atoms with van der Waals surface area (Å²) in [6, 6.07) is 6.10. The molecule has 2 rings (SSSR count). The van der Waals surface area contributed by atoms with Crippen LogP contribution in [0.2, 0.25) is 0 Å². The van der Waals surface area contributed by atoms with E-state index < -0.39 is 22.4 Å². The number of aromatic nitrogens is 2. The van der Waals surface area contributed by atoms with Crippen LogP contribution in [0.3, 0.4) is 0 Å². The maximum Gasteiger partial charge on any atom is 0.263 e. The van der Waals surface area contributed by atoms with Gasteiger partial charge in [0.05, 0.1) is 11.5 Å². The predicted molar refractivity (Wildman–Crippen MR) is 65.2 cm³/mol. The van der Waals surface area contributed by atoms with Crippen LogP contribution in [0, 0.1) is 5.82 Å². The van der Waals surface area contributed by atoms with E-state index in [0.29, 0.717) is 0 Å². The molecule has 0 aliphatic carbocycles. The molecular weight excluding hydrogens is 273 g/mol. The van der Waals surface area contributed by atoms with Crippen molar-refractivity contribution in [2.75, 3.05) is 4.72 Å². The molecule has 0 aliphatic rings. The van der Waals surface area contributed by atoms with Crippen molar-refractivity contribution in [2.24, 2.45) is 0 Å². The van der Waals surface area contributed by atoms with Gasteiger partial charge in [-0.05, 0) is 30.3 Å². The minimum absolute atomic E-state index is 0.0531. The van der Waals surface area contributed by atoms with Crippen molar-refractivity contribution in [1.29, 1.82) is 0 Å². The summed E-state index contributed by atoms with van der Waals surface area (Å²) in [5.41, 5.74) is -0.0954. The normalized spacial score (nSPS) is 11.3. The van der Waals surface area contributed by atoms with Crippen molar-refractivity contribution in [2.45, 2.75) is 11.5 Å². The highest BCUT2D eigenvalue weighted by Gasteiger charge is 2.16. The van der Waals surface area contributed by atoms with Gasteiger partial charge in [0.1, 0.15) is 5.82 Å². The second-order valence-corrected chi connectivity index (χ2v) is 5.31. The van der Waals surface area contributed by atoms with Gasteiger partial charge in [-0.1, -0.05) is 0 Å². The topological polar surface area (TPSA) is 92.2 Å². The third-order valence-electron chi connectivity index (χ3n) is 2.31. The average Bonchev–Trinajstić information content (AvgIpc) is 2.39. The summed E-state index contributed by atoms with van der Waals surface area (Å²) in [6.45, 7) is -0.583. The molecule has 0 radical (unpaired) electrons. The van der Waals surface area contributed by atoms with E-state index in [4.69, 9.17) is 5.11 Å². The van der Waals surface area contributed by atoms with Crippen LogP contribution in [0.15, 0.2) is 41.4 Å². The van der Waals surface area contributed by atoms with Gasteiger partial charge >= 0.3 is 0 Å². The lowest BCUT2D eigenvalue weighted by Gasteiger charge is -2.08. The van der Waals surface area contributed by atoms with Gasteiger partial charge in [-0.25, -0.2) is 12.8 Å². The quantitative estimate of drug-likeness (QED) is 0.870. The third kappa shape index (κ3) is 3.04. The van der Waals surface area contributed by atoms with Gasteiger partial charge < -0.3 is 5.11 Å². The first-order valence-electron chi connectivity index (χ1n) is 5.23. The molecule has 0 saturated heterocycles. The molecule has 1 aromatic carbocycles. The molecule has 0 fully saturated rings. The minimum Gasteiger partial charge on any atom is -0.392 e. The van der Waals surface area contributed by atoms with Crippen LogP contribution >= 0.6 is 0 Å². The number of anilines is 1. The van der Waals surface area contributed by atoms with E-state index in [1.54, 1.807) is 0 Å². The lowest BCUT2D eigenvalue weighted by Crippen LogP contribution is -2.14. The summed E-state index contributed by atoms with van der Waals surface area (Å²) in [7, 11) is -3.89. The fourth-order valence-corrected chi connectivity index (χ4v) is 2.44. The molecule has 0 unspecified atom stereocenters. The largest absolute Gasteiger partial charge is 0.392 e. The summed E-state index contributed by atoms with van der Waals surface area (Å²) in [6.07, 6.45) is 1.40. The lowest BCUT2D eigenvalue weighted by atomic mass is 10.2. The molecule has 1 heterocycles. The average molecular weight is 283 g/mol. The number of nitrogens with one attached hydrogen (secondary N) is 1. The van der Waals surface area contributed by atoms with E-state index in [0.717, 1.165) is 18.2 Å². The van der Waals surface area contributed by atoms with Crippen molar-refractivity contribution in [3.8, 4) is 0 Å². The fraction of sp³-hybridized carbons (Fsp3) is 0.0909. The fourth-order valence-electron chi connectivity index (χ4n) is 1.39. The summed E-state index contributed by atoms with van der Waals surface area (Å²) >= 11 is 0. The Balaban J connectivity index is 2.35. The van der Waals surface area contributed by atoms with E-state index in [9.17, 15) is 12.8 Å². The molecule has 0 saturated carbocycles. The Labute approximate surface area is 109 Å². The van der Waals surface area contributed by atoms with Gasteiger partial charge in [0.2, 0.25) is 0 Å². The Morgan fingerprint density at radius 1 is 1.32 bits per heavy atom. The second kappa shape index (κ2) is 5.29. The molecule has 0 bridgehead atoms. The van der Waals surface area contributed by atoms with Gasteiger partial charge in [0, 0.05) is 11.8 Å². The minimum atomic E-state index is -3.89. The number of sulfonamides is 1. The second-order valence-electron chi connectivity index (χ2n) is 3.63. The molecule has 0 amide bonds. The monoisotopic (exact) mass is 283 g/mol. The summed E-state index contributed by atoms with van der Waals surface area (Å²) in [4.78, 5) is -0.163. The number of rotatable bonds is 4. The number of nitrogens with zero attached hydrogens (tertiary/aromatic N) is 2. The van der Waals surface area contributed by atoms with Gasteiger partial charge in [0.15, 0.2) is 5.82 Å². The van der Waals surface area contributed by atoms with Crippen LogP contribution in [-0.2, 0) is 16.6 Å². The van der Waals surface area contributed by atoms with Gasteiger partial charge in [-0.15, -0.1) is 5.10 Å². The van der Waals surface area contributed by atoms with E-state index in [1.807, 2.05) is 0 Å². The molecule has 1 aromatic heterocycles. The Kier molecular flexibility index (Phi) is 3.72. The van der Waals surface area contributed by atoms with E-state index in [2.05, 4.69) is 14.9 Å². The molecule has 2 aromatic rings. The number of aliphatic hydroxyl groups is 1. The lowest BCUT2D eigenvalue weighted by molar-refractivity contribution is 0.275. The number of halogens is 1. The van der Waals surface area contributed by atoms with Gasteiger partial charge in [0.25, 0.3) is 10.0 Å². The van der Waals surface area contributed by atoms with Crippen molar-refractivity contribution in [1.82, 2.24) is 10.2 Å². The van der Waals surface area contributed by atoms with Crippen molar-refractivity contribution >= 4 is 15.8 Å². The van der Waals surface area contributed by atoms with Crippen LogP contribution in [0.25, 0.3) is 0 Å². The summed E-state index contributed by atoms with van der Waals surface area (Å²) in [5.74, 6) is -0.613. The number of hydrogen-bond acceptors (Lipinski definition) is 5. The van der Waals surface area contributed by atoms with E-state index >= 15 is 0 Å². The molecule has 0 atom stereocenters. The SMILES string of the molecule is O=S(=O)(Nc1cccnn1)c1ccc(F)c(CO)c1. The van der Waals surface area contributed by atoms with Crippen LogP contribution in [0.4, 0.5) is 10.2 Å². The highest BCUT2D eigenvalue weighted by molar-refractivity contribution is 7.92. The first-order chi connectivity index (χ1) is 9.03. The molecule has 100 valence electrons. The third-order valence-corrected chi connectivity index (χ3v) is 3.66. The molecule has 19 heavy (non-hydrogen) atoms. The summed E-state index contributed by atoms with van der Waals surface area (Å²) in [5, 5.41) is 16.0. The molecule has 8 heteroatoms. The summed E-state index contributed by atoms with van der Waals surface area (Å²) < 4.78 is 39.4. The highest BCUT2D eigenvalue weighted by atomic mass is 32.2. The Morgan fingerprint density at radius 3 is 2.74 bits per heavy atom. The molecule has 6 nitrogen and oxygen atoms in total. The Hall–Kier alpha value is -2.06. The molecule has 0 aliphatic heterocycles. The van der Waals surface area contributed by atoms with Gasteiger partial charge in [-0.3, -0.25) is 4.72 Å². The smallest absolute Gasteiger partial charge is 0.263 e. The van der Waals surface area contributed by atoms with Crippen LogP contribution < -0.4 is 4.72 Å². The number of aliphatic hydroxyl groups excluding tert-OH is 1. The Bertz CT molecular complexity index is 677. The highest BCUT2D eigenvalue weighted by Crippen LogP contribution is 2.17. The molecule has 0 spiro atoms. The zero-order valence-electron chi connectivity index (χ0n) is 9.62. The zero-order valence-corrected chi connectivity index (χ0v) is 10.4. The predicted octanol–water partition coefficient (Wildman–Crippen LogP) is 0.909. The van der Waals surface area contributed by atoms with Crippen LogP contribution in [0.1, 0.15) is 5.56 Å². The Morgan fingerprint density at radius 2 is 2.11 bits per heavy atom. The first-order valence-corrected chi connectivity index (χ1v) is 6.71. The molecular formula is C11H10FN3O3S. The number of hydrogen-bond donors (Lipinski definition) is 2. The van der Waals surface area contributed by atoms with Crippen LogP contribution in [0.5, 0.6) is 0 Å². The first kappa shape index (κ1) is 13.4. The number of benzene rings is 1. The maximum atomic E-state index is 13.2. The van der Waals surface area contributed by atoms with E-state index in [1.165, 1.54) is 18.3 Å². The van der Waals surface area contributed by atoms with E-state index in [-0.39, 0.29) is 16.3 Å². The van der Waals surface area contributed by atoms with Crippen molar-refractivity contribution < 1.29 is 17.9 Å². The maximum absolute atomic E-state index is 13.2.